The Hall–Kier alpha value is -1.70. The molecule has 2 heteroatoms. The Bertz CT molecular complexity index is 631. The zero-order valence-electron chi connectivity index (χ0n) is 14.7. The molecule has 0 N–H and O–H groups in total. The van der Waals surface area contributed by atoms with E-state index in [-0.39, 0.29) is 0 Å². The molecule has 2 aromatic carbocycles. The van der Waals surface area contributed by atoms with Crippen molar-refractivity contribution in [2.75, 3.05) is 0 Å². The van der Waals surface area contributed by atoms with Crippen LogP contribution in [0.1, 0.15) is 51.2 Å². The monoisotopic (exact) mass is 316 g/mol. The van der Waals surface area contributed by atoms with Crippen molar-refractivity contribution in [1.29, 1.82) is 0 Å². The van der Waals surface area contributed by atoms with Crippen molar-refractivity contribution in [2.45, 2.75) is 47.0 Å². The van der Waals surface area contributed by atoms with E-state index in [1.807, 2.05) is 12.1 Å². The Kier molecular flexibility index (Phi) is 5.56. The van der Waals surface area contributed by atoms with Crippen LogP contribution < -0.4 is 0 Å². The molecule has 0 amide bonds. The summed E-state index contributed by atoms with van der Waals surface area (Å²) in [5.41, 5.74) is 3.29. The molecule has 0 bridgehead atoms. The standard InChI is InChI=1S/C21H26F2/c1-13(2)10-19(14(3)4)17-8-6-16(7-9-17)18-11-15(5)21(23)20(22)12-18/h6-9,11-14,19H,10H2,1-5H3. The minimum absolute atomic E-state index is 0.337. The third kappa shape index (κ3) is 4.19. The largest absolute Gasteiger partial charge is 0.204 e. The van der Waals surface area contributed by atoms with Gasteiger partial charge in [-0.1, -0.05) is 52.0 Å². The minimum atomic E-state index is -0.788. The Labute approximate surface area is 138 Å². The second kappa shape index (κ2) is 7.25. The van der Waals surface area contributed by atoms with Crippen molar-refractivity contribution in [3.63, 3.8) is 0 Å². The van der Waals surface area contributed by atoms with E-state index in [0.29, 0.717) is 23.3 Å². The molecule has 0 fully saturated rings. The zero-order chi connectivity index (χ0) is 17.1. The van der Waals surface area contributed by atoms with Gasteiger partial charge >= 0.3 is 0 Å². The van der Waals surface area contributed by atoms with Crippen LogP contribution >= 0.6 is 0 Å². The van der Waals surface area contributed by atoms with Gasteiger partial charge in [0, 0.05) is 0 Å². The van der Waals surface area contributed by atoms with Crippen molar-refractivity contribution >= 4 is 0 Å². The summed E-state index contributed by atoms with van der Waals surface area (Å²) in [6.45, 7) is 10.6. The van der Waals surface area contributed by atoms with Crippen LogP contribution in [0.25, 0.3) is 11.1 Å². The number of aryl methyl sites for hydroxylation is 1. The maximum absolute atomic E-state index is 13.6. The van der Waals surface area contributed by atoms with E-state index in [0.717, 1.165) is 17.5 Å². The van der Waals surface area contributed by atoms with Gasteiger partial charge in [0.1, 0.15) is 0 Å². The van der Waals surface area contributed by atoms with E-state index in [1.54, 1.807) is 13.0 Å². The van der Waals surface area contributed by atoms with Crippen molar-refractivity contribution in [3.8, 4) is 11.1 Å². The predicted octanol–water partition coefficient (Wildman–Crippen LogP) is 6.73. The predicted molar refractivity (Wildman–Crippen MR) is 93.6 cm³/mol. The van der Waals surface area contributed by atoms with Crippen LogP contribution in [0, 0.1) is 30.4 Å². The van der Waals surface area contributed by atoms with Crippen LogP contribution in [0.4, 0.5) is 8.78 Å². The zero-order valence-corrected chi connectivity index (χ0v) is 14.7. The van der Waals surface area contributed by atoms with E-state index in [1.165, 1.54) is 11.6 Å². The molecule has 0 aliphatic carbocycles. The molecule has 0 spiro atoms. The first-order valence-electron chi connectivity index (χ1n) is 8.35. The highest BCUT2D eigenvalue weighted by atomic mass is 19.2. The molecule has 0 radical (unpaired) electrons. The maximum atomic E-state index is 13.6. The van der Waals surface area contributed by atoms with Gasteiger partial charge < -0.3 is 0 Å². The van der Waals surface area contributed by atoms with E-state index in [9.17, 15) is 8.78 Å². The summed E-state index contributed by atoms with van der Waals surface area (Å²) in [6, 6.07) is 11.2. The van der Waals surface area contributed by atoms with Crippen LogP contribution in [0.3, 0.4) is 0 Å². The third-order valence-corrected chi connectivity index (χ3v) is 4.41. The first kappa shape index (κ1) is 17.7. The molecule has 124 valence electrons. The molecular formula is C21H26F2. The Morgan fingerprint density at radius 2 is 1.48 bits per heavy atom. The summed E-state index contributed by atoms with van der Waals surface area (Å²) < 4.78 is 27.0. The highest BCUT2D eigenvalue weighted by Crippen LogP contribution is 2.32. The Morgan fingerprint density at radius 3 is 1.96 bits per heavy atom. The summed E-state index contributed by atoms with van der Waals surface area (Å²) in [6.07, 6.45) is 1.15. The molecule has 0 heterocycles. The lowest BCUT2D eigenvalue weighted by Gasteiger charge is -2.23. The van der Waals surface area contributed by atoms with Gasteiger partial charge in [-0.2, -0.15) is 0 Å². The second-order valence-electron chi connectivity index (χ2n) is 7.19. The fourth-order valence-corrected chi connectivity index (χ4v) is 3.12. The number of hydrogen-bond acceptors (Lipinski definition) is 0. The summed E-state index contributed by atoms with van der Waals surface area (Å²) in [5, 5.41) is 0. The minimum Gasteiger partial charge on any atom is -0.204 e. The fourth-order valence-electron chi connectivity index (χ4n) is 3.12. The highest BCUT2D eigenvalue weighted by Gasteiger charge is 2.17. The van der Waals surface area contributed by atoms with E-state index in [2.05, 4.69) is 39.8 Å². The van der Waals surface area contributed by atoms with Crippen molar-refractivity contribution < 1.29 is 8.78 Å². The molecule has 0 nitrogen and oxygen atoms in total. The average molecular weight is 316 g/mol. The van der Waals surface area contributed by atoms with E-state index >= 15 is 0 Å². The fraction of sp³-hybridized carbons (Fsp3) is 0.429. The number of benzene rings is 2. The first-order valence-corrected chi connectivity index (χ1v) is 8.35. The van der Waals surface area contributed by atoms with Crippen LogP contribution in [-0.4, -0.2) is 0 Å². The van der Waals surface area contributed by atoms with Gasteiger partial charge in [-0.25, -0.2) is 8.78 Å². The van der Waals surface area contributed by atoms with Crippen LogP contribution in [0.5, 0.6) is 0 Å². The number of rotatable bonds is 5. The lowest BCUT2D eigenvalue weighted by molar-refractivity contribution is 0.408. The molecule has 1 atom stereocenters. The van der Waals surface area contributed by atoms with Gasteiger partial charge in [-0.05, 0) is 65.5 Å². The van der Waals surface area contributed by atoms with Gasteiger partial charge in [0.25, 0.3) is 0 Å². The Balaban J connectivity index is 2.32. The third-order valence-electron chi connectivity index (χ3n) is 4.41. The molecule has 23 heavy (non-hydrogen) atoms. The molecule has 1 unspecified atom stereocenters. The van der Waals surface area contributed by atoms with E-state index in [4.69, 9.17) is 0 Å². The van der Waals surface area contributed by atoms with E-state index < -0.39 is 11.6 Å². The SMILES string of the molecule is Cc1cc(-c2ccc(C(CC(C)C)C(C)C)cc2)cc(F)c1F. The van der Waals surface area contributed by atoms with Crippen molar-refractivity contribution in [1.82, 2.24) is 0 Å². The molecule has 0 saturated carbocycles. The van der Waals surface area contributed by atoms with Crippen LogP contribution in [0.15, 0.2) is 36.4 Å². The molecule has 0 saturated heterocycles. The smallest absolute Gasteiger partial charge is 0.161 e. The summed E-state index contributed by atoms with van der Waals surface area (Å²) in [4.78, 5) is 0. The second-order valence-corrected chi connectivity index (χ2v) is 7.19. The molecule has 0 aromatic heterocycles. The van der Waals surface area contributed by atoms with Gasteiger partial charge in [-0.3, -0.25) is 0 Å². The molecule has 0 aliphatic heterocycles. The topological polar surface area (TPSA) is 0 Å². The van der Waals surface area contributed by atoms with Crippen molar-refractivity contribution in [2.24, 2.45) is 11.8 Å². The maximum Gasteiger partial charge on any atom is 0.161 e. The van der Waals surface area contributed by atoms with Gasteiger partial charge in [-0.15, -0.1) is 0 Å². The lowest BCUT2D eigenvalue weighted by Crippen LogP contribution is -2.09. The average Bonchev–Trinajstić information content (AvgIpc) is 2.49. The quantitative estimate of drug-likeness (QED) is 0.574. The lowest BCUT2D eigenvalue weighted by atomic mass is 9.82. The van der Waals surface area contributed by atoms with Crippen LogP contribution in [0.2, 0.25) is 0 Å². The molecular weight excluding hydrogens is 290 g/mol. The van der Waals surface area contributed by atoms with Gasteiger partial charge in [0.2, 0.25) is 0 Å². The summed E-state index contributed by atoms with van der Waals surface area (Å²) in [5.74, 6) is 0.200. The van der Waals surface area contributed by atoms with Crippen LogP contribution in [-0.2, 0) is 0 Å². The van der Waals surface area contributed by atoms with Gasteiger partial charge in [0.05, 0.1) is 0 Å². The first-order chi connectivity index (χ1) is 10.8. The highest BCUT2D eigenvalue weighted by molar-refractivity contribution is 5.64. The summed E-state index contributed by atoms with van der Waals surface area (Å²) in [7, 11) is 0. The van der Waals surface area contributed by atoms with Gasteiger partial charge in [0.15, 0.2) is 11.6 Å². The van der Waals surface area contributed by atoms with Crippen molar-refractivity contribution in [3.05, 3.63) is 59.2 Å². The summed E-state index contributed by atoms with van der Waals surface area (Å²) >= 11 is 0. The molecule has 0 aliphatic rings. The normalized spacial score (nSPS) is 12.9. The molecule has 2 aromatic rings. The Morgan fingerprint density at radius 1 is 0.870 bits per heavy atom. The number of hydrogen-bond donors (Lipinski definition) is 0. The molecule has 2 rings (SSSR count). The number of halogens is 2.